The predicted octanol–water partition coefficient (Wildman–Crippen LogP) is 9.90. The molecule has 3 heteroatoms. The molecule has 0 amide bonds. The fraction of sp³-hybridized carbons (Fsp3) is 0.647. The van der Waals surface area contributed by atoms with Gasteiger partial charge in [-0.25, -0.2) is 0 Å². The molecule has 0 spiro atoms. The third-order valence-electron chi connectivity index (χ3n) is 8.30. The van der Waals surface area contributed by atoms with Crippen LogP contribution in [0.5, 0.6) is 5.75 Å². The van der Waals surface area contributed by atoms with Gasteiger partial charge in [-0.1, -0.05) is 127 Å². The SMILES string of the molecule is CCCCCCCCC1COC(c2ccc(-c3ccc(OCCCCCC4CCCC4)cc3)cc2)OC1. The second-order valence-corrected chi connectivity index (χ2v) is 11.4. The maximum absolute atomic E-state index is 6.08. The summed E-state index contributed by atoms with van der Waals surface area (Å²) < 4.78 is 18.2. The molecule has 37 heavy (non-hydrogen) atoms. The van der Waals surface area contributed by atoms with E-state index in [2.05, 4.69) is 55.5 Å². The van der Waals surface area contributed by atoms with E-state index in [9.17, 15) is 0 Å². The first-order valence-electron chi connectivity index (χ1n) is 15.4. The molecule has 3 nitrogen and oxygen atoms in total. The molecule has 1 aliphatic heterocycles. The summed E-state index contributed by atoms with van der Waals surface area (Å²) in [7, 11) is 0. The second kappa shape index (κ2) is 16.2. The fourth-order valence-corrected chi connectivity index (χ4v) is 5.89. The maximum atomic E-state index is 6.08. The highest BCUT2D eigenvalue weighted by Crippen LogP contribution is 2.31. The van der Waals surface area contributed by atoms with Gasteiger partial charge >= 0.3 is 0 Å². The summed E-state index contributed by atoms with van der Waals surface area (Å²) in [6, 6.07) is 17.1. The van der Waals surface area contributed by atoms with Gasteiger partial charge in [0.2, 0.25) is 0 Å². The minimum absolute atomic E-state index is 0.233. The largest absolute Gasteiger partial charge is 0.494 e. The first-order chi connectivity index (χ1) is 18.3. The zero-order chi connectivity index (χ0) is 25.5. The van der Waals surface area contributed by atoms with Crippen LogP contribution in [0.3, 0.4) is 0 Å². The molecule has 2 aliphatic rings. The molecule has 1 saturated heterocycles. The van der Waals surface area contributed by atoms with Crippen LogP contribution in [0.15, 0.2) is 48.5 Å². The Bertz CT molecular complexity index is 846. The minimum Gasteiger partial charge on any atom is -0.494 e. The standard InChI is InChI=1S/C34H50O3/c1-2-3-4-5-6-8-16-29-26-36-34(37-27-29)32-19-17-30(18-20-32)31-21-23-33(24-22-31)35-25-12-7-9-13-28-14-10-11-15-28/h17-24,28-29,34H,2-16,25-27H2,1H3. The lowest BCUT2D eigenvalue weighted by atomic mass is 10.00. The van der Waals surface area contributed by atoms with Crippen LogP contribution >= 0.6 is 0 Å². The van der Waals surface area contributed by atoms with Crippen molar-refractivity contribution in [1.82, 2.24) is 0 Å². The molecule has 0 unspecified atom stereocenters. The molecule has 0 bridgehead atoms. The molecule has 0 N–H and O–H groups in total. The molecule has 4 rings (SSSR count). The molecule has 2 aromatic rings. The first kappa shape index (κ1) is 28.2. The van der Waals surface area contributed by atoms with E-state index in [4.69, 9.17) is 14.2 Å². The predicted molar refractivity (Wildman–Crippen MR) is 154 cm³/mol. The molecule has 0 aromatic heterocycles. The van der Waals surface area contributed by atoms with Crippen LogP contribution < -0.4 is 4.74 Å². The zero-order valence-electron chi connectivity index (χ0n) is 23.3. The van der Waals surface area contributed by atoms with E-state index in [0.717, 1.165) is 43.5 Å². The van der Waals surface area contributed by atoms with Crippen LogP contribution in [0.2, 0.25) is 0 Å². The smallest absolute Gasteiger partial charge is 0.183 e. The van der Waals surface area contributed by atoms with E-state index in [1.165, 1.54) is 101 Å². The molecular weight excluding hydrogens is 456 g/mol. The van der Waals surface area contributed by atoms with Crippen molar-refractivity contribution in [3.63, 3.8) is 0 Å². The summed E-state index contributed by atoms with van der Waals surface area (Å²) in [6.07, 6.45) is 20.1. The van der Waals surface area contributed by atoms with Crippen LogP contribution in [0.25, 0.3) is 11.1 Å². The number of hydrogen-bond acceptors (Lipinski definition) is 3. The van der Waals surface area contributed by atoms with E-state index < -0.39 is 0 Å². The molecule has 1 aliphatic carbocycles. The van der Waals surface area contributed by atoms with Gasteiger partial charge in [-0.3, -0.25) is 0 Å². The molecule has 2 aromatic carbocycles. The van der Waals surface area contributed by atoms with Gasteiger partial charge in [-0.15, -0.1) is 0 Å². The van der Waals surface area contributed by atoms with E-state index in [-0.39, 0.29) is 6.29 Å². The van der Waals surface area contributed by atoms with Crippen LogP contribution in [-0.2, 0) is 9.47 Å². The van der Waals surface area contributed by atoms with Gasteiger partial charge < -0.3 is 14.2 Å². The Morgan fingerprint density at radius 3 is 1.89 bits per heavy atom. The maximum Gasteiger partial charge on any atom is 0.183 e. The topological polar surface area (TPSA) is 27.7 Å². The van der Waals surface area contributed by atoms with Crippen molar-refractivity contribution < 1.29 is 14.2 Å². The minimum atomic E-state index is -0.233. The van der Waals surface area contributed by atoms with Gasteiger partial charge in [0.25, 0.3) is 0 Å². The van der Waals surface area contributed by atoms with Crippen molar-refractivity contribution in [3.8, 4) is 16.9 Å². The summed E-state index contributed by atoms with van der Waals surface area (Å²) in [5.74, 6) is 2.52. The average molecular weight is 507 g/mol. The van der Waals surface area contributed by atoms with Crippen molar-refractivity contribution in [2.75, 3.05) is 19.8 Å². The first-order valence-corrected chi connectivity index (χ1v) is 15.4. The summed E-state index contributed by atoms with van der Waals surface area (Å²) in [6.45, 7) is 4.71. The second-order valence-electron chi connectivity index (χ2n) is 11.4. The average Bonchev–Trinajstić information content (AvgIpc) is 3.47. The van der Waals surface area contributed by atoms with E-state index in [1.54, 1.807) is 0 Å². The molecule has 2 fully saturated rings. The highest BCUT2D eigenvalue weighted by molar-refractivity contribution is 5.64. The van der Waals surface area contributed by atoms with Crippen LogP contribution in [-0.4, -0.2) is 19.8 Å². The fourth-order valence-electron chi connectivity index (χ4n) is 5.89. The van der Waals surface area contributed by atoms with Gasteiger partial charge in [0.05, 0.1) is 19.8 Å². The van der Waals surface area contributed by atoms with Crippen molar-refractivity contribution in [2.24, 2.45) is 11.8 Å². The molecule has 1 heterocycles. The van der Waals surface area contributed by atoms with Gasteiger partial charge in [0.15, 0.2) is 6.29 Å². The Morgan fingerprint density at radius 2 is 1.22 bits per heavy atom. The van der Waals surface area contributed by atoms with Gasteiger partial charge in [0, 0.05) is 11.5 Å². The zero-order valence-corrected chi connectivity index (χ0v) is 23.3. The molecular formula is C34H50O3. The van der Waals surface area contributed by atoms with Gasteiger partial charge in [-0.2, -0.15) is 0 Å². The lowest BCUT2D eigenvalue weighted by Crippen LogP contribution is -2.27. The highest BCUT2D eigenvalue weighted by Gasteiger charge is 2.23. The van der Waals surface area contributed by atoms with E-state index >= 15 is 0 Å². The Morgan fingerprint density at radius 1 is 0.649 bits per heavy atom. The number of ether oxygens (including phenoxy) is 3. The Labute approximate surface area is 226 Å². The van der Waals surface area contributed by atoms with Crippen molar-refractivity contribution >= 4 is 0 Å². The van der Waals surface area contributed by atoms with Crippen molar-refractivity contribution in [2.45, 2.75) is 110 Å². The van der Waals surface area contributed by atoms with Crippen LogP contribution in [0, 0.1) is 11.8 Å². The van der Waals surface area contributed by atoms with Gasteiger partial charge in [-0.05, 0) is 42.0 Å². The Hall–Kier alpha value is -1.84. The number of hydrogen-bond donors (Lipinski definition) is 0. The lowest BCUT2D eigenvalue weighted by molar-refractivity contribution is -0.206. The number of rotatable bonds is 16. The molecule has 0 atom stereocenters. The monoisotopic (exact) mass is 506 g/mol. The summed E-state index contributed by atoms with van der Waals surface area (Å²) in [4.78, 5) is 0. The Balaban J connectivity index is 1.12. The third kappa shape index (κ3) is 9.76. The third-order valence-corrected chi connectivity index (χ3v) is 8.30. The van der Waals surface area contributed by atoms with Gasteiger partial charge in [0.1, 0.15) is 5.75 Å². The molecule has 0 radical (unpaired) electrons. The highest BCUT2D eigenvalue weighted by atomic mass is 16.7. The normalized spacial score (nSPS) is 20.4. The summed E-state index contributed by atoms with van der Waals surface area (Å²) in [5, 5.41) is 0. The molecule has 204 valence electrons. The summed E-state index contributed by atoms with van der Waals surface area (Å²) >= 11 is 0. The van der Waals surface area contributed by atoms with E-state index in [1.807, 2.05) is 0 Å². The van der Waals surface area contributed by atoms with Crippen molar-refractivity contribution in [1.29, 1.82) is 0 Å². The summed E-state index contributed by atoms with van der Waals surface area (Å²) in [5.41, 5.74) is 3.52. The quantitative estimate of drug-likeness (QED) is 0.212. The van der Waals surface area contributed by atoms with E-state index in [0.29, 0.717) is 5.92 Å². The van der Waals surface area contributed by atoms with Crippen LogP contribution in [0.4, 0.5) is 0 Å². The van der Waals surface area contributed by atoms with Crippen molar-refractivity contribution in [3.05, 3.63) is 54.1 Å². The lowest BCUT2D eigenvalue weighted by Gasteiger charge is -2.29. The molecule has 1 saturated carbocycles. The van der Waals surface area contributed by atoms with Crippen LogP contribution in [0.1, 0.15) is 115 Å². The Kier molecular flexibility index (Phi) is 12.3. The number of benzene rings is 2. The number of unbranched alkanes of at least 4 members (excludes halogenated alkanes) is 7.